The molecule has 0 heterocycles. The third-order valence-corrected chi connectivity index (χ3v) is 5.23. The van der Waals surface area contributed by atoms with Crippen molar-refractivity contribution in [3.8, 4) is 5.75 Å². The molecule has 1 aromatic carbocycles. The summed E-state index contributed by atoms with van der Waals surface area (Å²) < 4.78 is 5.50. The van der Waals surface area contributed by atoms with Gasteiger partial charge in [-0.25, -0.2) is 0 Å². The second-order valence-corrected chi connectivity index (χ2v) is 7.26. The number of amides is 2. The number of carbonyl (C=O) groups excluding carboxylic acids is 2. The van der Waals surface area contributed by atoms with Crippen molar-refractivity contribution in [3.05, 3.63) is 29.8 Å². The van der Waals surface area contributed by atoms with Crippen LogP contribution in [-0.4, -0.2) is 41.9 Å². The maximum atomic E-state index is 12.7. The van der Waals surface area contributed by atoms with Gasteiger partial charge < -0.3 is 15.0 Å². The Hall–Kier alpha value is -2.04. The van der Waals surface area contributed by atoms with Gasteiger partial charge in [0.25, 0.3) is 5.91 Å². The van der Waals surface area contributed by atoms with E-state index in [2.05, 4.69) is 10.2 Å². The van der Waals surface area contributed by atoms with Crippen molar-refractivity contribution in [2.45, 2.75) is 70.4 Å². The van der Waals surface area contributed by atoms with Gasteiger partial charge in [0, 0.05) is 25.0 Å². The van der Waals surface area contributed by atoms with Crippen LogP contribution < -0.4 is 10.1 Å². The molecule has 2 saturated carbocycles. The zero-order valence-electron chi connectivity index (χ0n) is 15.7. The number of para-hydroxylation sites is 1. The first-order chi connectivity index (χ1) is 12.7. The number of nitrogens with zero attached hydrogens (tertiary/aromatic N) is 1. The molecule has 5 nitrogen and oxygen atoms in total. The van der Waals surface area contributed by atoms with Crippen molar-refractivity contribution in [2.24, 2.45) is 0 Å². The van der Waals surface area contributed by atoms with Crippen molar-refractivity contribution in [1.29, 1.82) is 0 Å². The quantitative estimate of drug-likeness (QED) is 0.687. The molecule has 26 heavy (non-hydrogen) atoms. The van der Waals surface area contributed by atoms with Crippen LogP contribution in [0.4, 0.5) is 0 Å². The van der Waals surface area contributed by atoms with Gasteiger partial charge in [-0.3, -0.25) is 9.59 Å². The maximum Gasteiger partial charge on any atom is 0.255 e. The lowest BCUT2D eigenvalue weighted by atomic mass is 10.1. The molecule has 0 aliphatic heterocycles. The average molecular weight is 358 g/mol. The highest BCUT2D eigenvalue weighted by Gasteiger charge is 2.37. The molecule has 1 aromatic rings. The Morgan fingerprint density at radius 2 is 1.81 bits per heavy atom. The Morgan fingerprint density at radius 1 is 1.12 bits per heavy atom. The fourth-order valence-corrected chi connectivity index (χ4v) is 3.84. The van der Waals surface area contributed by atoms with E-state index in [1.807, 2.05) is 19.1 Å². The van der Waals surface area contributed by atoms with E-state index in [9.17, 15) is 9.59 Å². The normalized spacial score (nSPS) is 17.1. The lowest BCUT2D eigenvalue weighted by Crippen LogP contribution is -2.40. The van der Waals surface area contributed by atoms with Crippen LogP contribution in [0, 0.1) is 0 Å². The van der Waals surface area contributed by atoms with Gasteiger partial charge in [-0.1, -0.05) is 25.0 Å². The summed E-state index contributed by atoms with van der Waals surface area (Å²) in [6.07, 6.45) is 8.32. The summed E-state index contributed by atoms with van der Waals surface area (Å²) in [7, 11) is 0. The fraction of sp³-hybridized carbons (Fsp3) is 0.619. The van der Waals surface area contributed by atoms with Crippen LogP contribution in [-0.2, 0) is 4.79 Å². The number of rotatable bonds is 9. The standard InChI is InChI=1S/C21H30N2O3/c1-2-26-19-11-6-5-10-18(19)21(25)22-15-7-12-20(24)23(17-13-14-17)16-8-3-4-9-16/h5-6,10-11,16-17H,2-4,7-9,12-15H2,1H3,(H,22,25). The van der Waals surface area contributed by atoms with Crippen molar-refractivity contribution in [1.82, 2.24) is 10.2 Å². The number of hydrogen-bond donors (Lipinski definition) is 1. The number of carbonyl (C=O) groups is 2. The first-order valence-electron chi connectivity index (χ1n) is 10.0. The Morgan fingerprint density at radius 3 is 2.50 bits per heavy atom. The van der Waals surface area contributed by atoms with Gasteiger partial charge in [-0.2, -0.15) is 0 Å². The van der Waals surface area contributed by atoms with E-state index in [-0.39, 0.29) is 11.8 Å². The summed E-state index contributed by atoms with van der Waals surface area (Å²) in [4.78, 5) is 27.2. The summed E-state index contributed by atoms with van der Waals surface area (Å²) >= 11 is 0. The van der Waals surface area contributed by atoms with Gasteiger partial charge >= 0.3 is 0 Å². The summed E-state index contributed by atoms with van der Waals surface area (Å²) in [5.74, 6) is 0.726. The van der Waals surface area contributed by atoms with Gasteiger partial charge in [-0.05, 0) is 51.2 Å². The van der Waals surface area contributed by atoms with Crippen LogP contribution in [0.1, 0.15) is 68.6 Å². The largest absolute Gasteiger partial charge is 0.493 e. The number of hydrogen-bond acceptors (Lipinski definition) is 3. The Labute approximate surface area is 156 Å². The SMILES string of the molecule is CCOc1ccccc1C(=O)NCCCC(=O)N(C1CCCC1)C1CC1. The van der Waals surface area contributed by atoms with Crippen molar-refractivity contribution < 1.29 is 14.3 Å². The molecule has 2 aliphatic rings. The van der Waals surface area contributed by atoms with Gasteiger partial charge in [-0.15, -0.1) is 0 Å². The van der Waals surface area contributed by atoms with E-state index in [1.165, 1.54) is 12.8 Å². The topological polar surface area (TPSA) is 58.6 Å². The maximum absolute atomic E-state index is 12.7. The van der Waals surface area contributed by atoms with Crippen LogP contribution in [0.2, 0.25) is 0 Å². The number of nitrogens with one attached hydrogen (secondary N) is 1. The molecule has 1 N–H and O–H groups in total. The zero-order valence-corrected chi connectivity index (χ0v) is 15.7. The van der Waals surface area contributed by atoms with Crippen molar-refractivity contribution >= 4 is 11.8 Å². The van der Waals surface area contributed by atoms with E-state index in [4.69, 9.17) is 4.74 Å². The minimum Gasteiger partial charge on any atom is -0.493 e. The first-order valence-corrected chi connectivity index (χ1v) is 10.0. The third-order valence-electron chi connectivity index (χ3n) is 5.23. The molecule has 0 atom stereocenters. The smallest absolute Gasteiger partial charge is 0.255 e. The molecule has 0 unspecified atom stereocenters. The second kappa shape index (κ2) is 9.06. The molecule has 0 bridgehead atoms. The van der Waals surface area contributed by atoms with E-state index in [0.29, 0.717) is 49.4 Å². The zero-order chi connectivity index (χ0) is 18.4. The molecule has 0 radical (unpaired) electrons. The third kappa shape index (κ3) is 4.77. The Balaban J connectivity index is 1.44. The lowest BCUT2D eigenvalue weighted by Gasteiger charge is -2.29. The van der Waals surface area contributed by atoms with Crippen LogP contribution in [0.25, 0.3) is 0 Å². The van der Waals surface area contributed by atoms with Crippen LogP contribution >= 0.6 is 0 Å². The highest BCUT2D eigenvalue weighted by Crippen LogP contribution is 2.35. The molecule has 0 saturated heterocycles. The van der Waals surface area contributed by atoms with Gasteiger partial charge in [0.2, 0.25) is 5.91 Å². The summed E-state index contributed by atoms with van der Waals surface area (Å²) in [5.41, 5.74) is 0.547. The predicted octanol–water partition coefficient (Wildman–Crippen LogP) is 3.53. The Kier molecular flexibility index (Phi) is 6.53. The average Bonchev–Trinajstić information content (AvgIpc) is 3.33. The van der Waals surface area contributed by atoms with Crippen LogP contribution in [0.3, 0.4) is 0 Å². The summed E-state index contributed by atoms with van der Waals surface area (Å²) in [6, 6.07) is 8.20. The first kappa shape index (κ1) is 18.7. The van der Waals surface area contributed by atoms with E-state index < -0.39 is 0 Å². The molecular formula is C21H30N2O3. The number of ether oxygens (including phenoxy) is 1. The summed E-state index contributed by atoms with van der Waals surface area (Å²) in [6.45, 7) is 2.93. The van der Waals surface area contributed by atoms with Gasteiger partial charge in [0.05, 0.1) is 12.2 Å². The monoisotopic (exact) mass is 358 g/mol. The molecule has 2 aliphatic carbocycles. The minimum absolute atomic E-state index is 0.142. The van der Waals surface area contributed by atoms with E-state index >= 15 is 0 Å². The highest BCUT2D eigenvalue weighted by molar-refractivity contribution is 5.96. The molecule has 142 valence electrons. The molecule has 5 heteroatoms. The molecule has 2 amide bonds. The predicted molar refractivity (Wildman–Crippen MR) is 101 cm³/mol. The summed E-state index contributed by atoms with van der Waals surface area (Å²) in [5, 5.41) is 2.92. The second-order valence-electron chi connectivity index (χ2n) is 7.26. The molecule has 2 fully saturated rings. The Bertz CT molecular complexity index is 621. The van der Waals surface area contributed by atoms with Crippen molar-refractivity contribution in [3.63, 3.8) is 0 Å². The minimum atomic E-state index is -0.142. The molecule has 0 aromatic heterocycles. The van der Waals surface area contributed by atoms with Crippen LogP contribution in [0.15, 0.2) is 24.3 Å². The van der Waals surface area contributed by atoms with Gasteiger partial charge in [0.1, 0.15) is 5.75 Å². The van der Waals surface area contributed by atoms with E-state index in [1.54, 1.807) is 12.1 Å². The van der Waals surface area contributed by atoms with Gasteiger partial charge in [0.15, 0.2) is 0 Å². The van der Waals surface area contributed by atoms with Crippen LogP contribution in [0.5, 0.6) is 5.75 Å². The lowest BCUT2D eigenvalue weighted by molar-refractivity contribution is -0.134. The highest BCUT2D eigenvalue weighted by atomic mass is 16.5. The van der Waals surface area contributed by atoms with E-state index in [0.717, 1.165) is 25.7 Å². The molecule has 0 spiro atoms. The molecular weight excluding hydrogens is 328 g/mol. The number of benzene rings is 1. The molecule has 3 rings (SSSR count). The fourth-order valence-electron chi connectivity index (χ4n) is 3.84. The van der Waals surface area contributed by atoms with Crippen molar-refractivity contribution in [2.75, 3.05) is 13.2 Å².